The number of ether oxygens (including phenoxy) is 1. The van der Waals surface area contributed by atoms with Gasteiger partial charge in [0.05, 0.1) is 5.41 Å². The first-order valence-electron chi connectivity index (χ1n) is 10.3. The quantitative estimate of drug-likeness (QED) is 0.827. The van der Waals surface area contributed by atoms with E-state index < -0.39 is 5.41 Å². The van der Waals surface area contributed by atoms with Crippen LogP contribution in [-0.4, -0.2) is 31.2 Å². The lowest BCUT2D eigenvalue weighted by Gasteiger charge is -2.47. The van der Waals surface area contributed by atoms with E-state index in [9.17, 15) is 4.79 Å². The number of benzene rings is 1. The van der Waals surface area contributed by atoms with Crippen LogP contribution in [0.2, 0.25) is 0 Å². The molecule has 2 bridgehead atoms. The molecular weight excluding hydrogens is 360 g/mol. The van der Waals surface area contributed by atoms with E-state index in [1.807, 2.05) is 0 Å². The predicted octanol–water partition coefficient (Wildman–Crippen LogP) is 3.49. The van der Waals surface area contributed by atoms with Gasteiger partial charge < -0.3 is 15.8 Å². The molecule has 2 aliphatic carbocycles. The third-order valence-electron chi connectivity index (χ3n) is 7.12. The first kappa shape index (κ1) is 20.6. The highest BCUT2D eigenvalue weighted by atomic mass is 35.5. The molecule has 2 atom stereocenters. The maximum absolute atomic E-state index is 13.7. The molecule has 1 aromatic rings. The highest BCUT2D eigenvalue weighted by molar-refractivity contribution is 5.89. The van der Waals surface area contributed by atoms with Gasteiger partial charge in [-0.05, 0) is 68.4 Å². The van der Waals surface area contributed by atoms with Crippen LogP contribution in [-0.2, 0) is 14.9 Å². The molecule has 4 nitrogen and oxygen atoms in total. The van der Waals surface area contributed by atoms with Crippen LogP contribution in [0, 0.1) is 18.8 Å². The van der Waals surface area contributed by atoms with Crippen LogP contribution >= 0.6 is 12.4 Å². The van der Waals surface area contributed by atoms with Crippen LogP contribution in [0.5, 0.6) is 0 Å². The second-order valence-corrected chi connectivity index (χ2v) is 8.69. The molecule has 1 amide bonds. The second-order valence-electron chi connectivity index (χ2n) is 8.69. The molecule has 2 saturated carbocycles. The van der Waals surface area contributed by atoms with Gasteiger partial charge in [-0.3, -0.25) is 4.79 Å². The van der Waals surface area contributed by atoms with Gasteiger partial charge in [0, 0.05) is 25.3 Å². The van der Waals surface area contributed by atoms with E-state index >= 15 is 0 Å². The van der Waals surface area contributed by atoms with Crippen molar-refractivity contribution in [3.8, 4) is 0 Å². The molecule has 150 valence electrons. The van der Waals surface area contributed by atoms with E-state index in [2.05, 4.69) is 36.5 Å². The molecule has 5 heteroatoms. The van der Waals surface area contributed by atoms with Gasteiger partial charge >= 0.3 is 0 Å². The molecule has 1 aromatic carbocycles. The van der Waals surface area contributed by atoms with Crippen molar-refractivity contribution in [2.75, 3.05) is 13.2 Å². The van der Waals surface area contributed by atoms with Gasteiger partial charge in [-0.15, -0.1) is 12.4 Å². The Kier molecular flexibility index (Phi) is 6.50. The fourth-order valence-electron chi connectivity index (χ4n) is 5.76. The van der Waals surface area contributed by atoms with E-state index in [-0.39, 0.29) is 18.3 Å². The van der Waals surface area contributed by atoms with Crippen LogP contribution in [0.25, 0.3) is 0 Å². The van der Waals surface area contributed by atoms with E-state index in [1.165, 1.54) is 30.4 Å². The number of hydrogen-bond donors (Lipinski definition) is 2. The summed E-state index contributed by atoms with van der Waals surface area (Å²) in [7, 11) is 0. The fourth-order valence-corrected chi connectivity index (χ4v) is 5.76. The number of carbonyl (C=O) groups excluding carboxylic acids is 1. The summed E-state index contributed by atoms with van der Waals surface area (Å²) in [5.41, 5.74) is 8.20. The normalized spacial score (nSPS) is 32.2. The molecule has 0 aromatic heterocycles. The number of hydrogen-bond acceptors (Lipinski definition) is 3. The van der Waals surface area contributed by atoms with Crippen LogP contribution in [0.4, 0.5) is 0 Å². The van der Waals surface area contributed by atoms with Gasteiger partial charge in [0.25, 0.3) is 0 Å². The zero-order valence-corrected chi connectivity index (χ0v) is 17.1. The summed E-state index contributed by atoms with van der Waals surface area (Å²) in [6.45, 7) is 3.43. The second kappa shape index (κ2) is 8.50. The lowest BCUT2D eigenvalue weighted by molar-refractivity contribution is -0.133. The Morgan fingerprint density at radius 1 is 1.15 bits per heavy atom. The highest BCUT2D eigenvalue weighted by Crippen LogP contribution is 2.42. The first-order chi connectivity index (χ1) is 12.6. The molecule has 1 heterocycles. The molecule has 4 rings (SSSR count). The minimum Gasteiger partial charge on any atom is -0.381 e. The standard InChI is InChI=1S/C22H32N2O2.ClH/c1-15-5-2-3-8-19(15)22(9-11-26-12-10-22)21(25)24-20-16-6-4-7-17(20)14-18(23)13-16;/h2-3,5,8,16-18,20H,4,6-7,9-14,23H2,1H3,(H,24,25);1H. The van der Waals surface area contributed by atoms with E-state index in [0.29, 0.717) is 37.1 Å². The van der Waals surface area contributed by atoms with Crippen molar-refractivity contribution in [2.45, 2.75) is 69.4 Å². The topological polar surface area (TPSA) is 64.4 Å². The maximum atomic E-state index is 13.7. The Balaban J connectivity index is 0.00000210. The molecule has 0 radical (unpaired) electrons. The fraction of sp³-hybridized carbons (Fsp3) is 0.682. The number of carbonyl (C=O) groups is 1. The Bertz CT molecular complexity index is 645. The number of amides is 1. The van der Waals surface area contributed by atoms with Gasteiger partial charge in [0.2, 0.25) is 5.91 Å². The molecule has 2 unspecified atom stereocenters. The summed E-state index contributed by atoms with van der Waals surface area (Å²) >= 11 is 0. The van der Waals surface area contributed by atoms with Crippen molar-refractivity contribution in [3.63, 3.8) is 0 Å². The monoisotopic (exact) mass is 392 g/mol. The zero-order chi connectivity index (χ0) is 18.1. The van der Waals surface area contributed by atoms with Gasteiger partial charge in [-0.25, -0.2) is 0 Å². The smallest absolute Gasteiger partial charge is 0.231 e. The molecular formula is C22H33ClN2O2. The van der Waals surface area contributed by atoms with Crippen molar-refractivity contribution in [2.24, 2.45) is 17.6 Å². The lowest BCUT2D eigenvalue weighted by atomic mass is 9.66. The number of nitrogens with one attached hydrogen (secondary N) is 1. The molecule has 1 saturated heterocycles. The molecule has 27 heavy (non-hydrogen) atoms. The summed E-state index contributed by atoms with van der Waals surface area (Å²) in [5.74, 6) is 1.32. The van der Waals surface area contributed by atoms with Crippen LogP contribution in [0.3, 0.4) is 0 Å². The zero-order valence-electron chi connectivity index (χ0n) is 16.3. The largest absolute Gasteiger partial charge is 0.381 e. The van der Waals surface area contributed by atoms with E-state index in [4.69, 9.17) is 10.5 Å². The van der Waals surface area contributed by atoms with Crippen molar-refractivity contribution in [1.82, 2.24) is 5.32 Å². The third-order valence-corrected chi connectivity index (χ3v) is 7.12. The molecule has 1 aliphatic heterocycles. The summed E-state index contributed by atoms with van der Waals surface area (Å²) < 4.78 is 5.62. The predicted molar refractivity (Wildman–Crippen MR) is 110 cm³/mol. The molecule has 3 N–H and O–H groups in total. The van der Waals surface area contributed by atoms with Gasteiger partial charge in [-0.1, -0.05) is 30.7 Å². The summed E-state index contributed by atoms with van der Waals surface area (Å²) in [6.07, 6.45) is 7.34. The third kappa shape index (κ3) is 3.90. The number of fused-ring (bicyclic) bond motifs is 2. The van der Waals surface area contributed by atoms with Gasteiger partial charge in [0.1, 0.15) is 0 Å². The van der Waals surface area contributed by atoms with E-state index in [1.54, 1.807) is 0 Å². The van der Waals surface area contributed by atoms with Crippen molar-refractivity contribution >= 4 is 18.3 Å². The maximum Gasteiger partial charge on any atom is 0.231 e. The molecule has 0 spiro atoms. The summed E-state index contributed by atoms with van der Waals surface area (Å²) in [6, 6.07) is 8.98. The number of nitrogens with two attached hydrogens (primary N) is 1. The molecule has 3 aliphatic rings. The van der Waals surface area contributed by atoms with Crippen molar-refractivity contribution in [3.05, 3.63) is 35.4 Å². The number of aryl methyl sites for hydroxylation is 1. The Labute approximate surface area is 169 Å². The van der Waals surface area contributed by atoms with Crippen molar-refractivity contribution < 1.29 is 9.53 Å². The minimum atomic E-state index is -0.447. The SMILES string of the molecule is Cc1ccccc1C1(C(=O)NC2C3CCCC2CC(N)C3)CCOCC1.Cl. The lowest BCUT2D eigenvalue weighted by Crippen LogP contribution is -2.58. The van der Waals surface area contributed by atoms with Gasteiger partial charge in [-0.2, -0.15) is 0 Å². The van der Waals surface area contributed by atoms with Crippen molar-refractivity contribution in [1.29, 1.82) is 0 Å². The summed E-state index contributed by atoms with van der Waals surface area (Å²) in [5, 5.41) is 3.53. The first-order valence-corrected chi connectivity index (χ1v) is 10.3. The minimum absolute atomic E-state index is 0. The Morgan fingerprint density at radius 3 is 2.41 bits per heavy atom. The Hall–Kier alpha value is -1.10. The van der Waals surface area contributed by atoms with Crippen LogP contribution < -0.4 is 11.1 Å². The van der Waals surface area contributed by atoms with Crippen LogP contribution in [0.15, 0.2) is 24.3 Å². The number of rotatable bonds is 3. The van der Waals surface area contributed by atoms with E-state index in [0.717, 1.165) is 25.7 Å². The van der Waals surface area contributed by atoms with Crippen LogP contribution in [0.1, 0.15) is 56.1 Å². The Morgan fingerprint density at radius 2 is 1.78 bits per heavy atom. The molecule has 3 fully saturated rings. The number of halogens is 1. The highest BCUT2D eigenvalue weighted by Gasteiger charge is 2.46. The average molecular weight is 393 g/mol. The van der Waals surface area contributed by atoms with Gasteiger partial charge in [0.15, 0.2) is 0 Å². The summed E-state index contributed by atoms with van der Waals surface area (Å²) in [4.78, 5) is 13.7. The average Bonchev–Trinajstić information content (AvgIpc) is 2.63.